The number of sulfonamides is 1. The molecule has 2 aliphatic rings. The molecule has 1 aromatic carbocycles. The minimum Gasteiger partial charge on any atom is -0.480 e. The van der Waals surface area contributed by atoms with Crippen LogP contribution in [-0.2, 0) is 14.8 Å². The van der Waals surface area contributed by atoms with Crippen LogP contribution in [0.2, 0.25) is 5.02 Å². The minimum absolute atomic E-state index is 0.0314. The van der Waals surface area contributed by atoms with Crippen molar-refractivity contribution >= 4 is 27.6 Å². The topological polar surface area (TPSA) is 86.7 Å². The summed E-state index contributed by atoms with van der Waals surface area (Å²) in [5.41, 5.74) is 0. The van der Waals surface area contributed by atoms with Gasteiger partial charge in [0.1, 0.15) is 10.7 Å². The summed E-state index contributed by atoms with van der Waals surface area (Å²) in [6, 6.07) is 2.95. The second-order valence-corrected chi connectivity index (χ2v) is 8.87. The smallest absolute Gasteiger partial charge is 0.317 e. The van der Waals surface area contributed by atoms with Gasteiger partial charge in [-0.2, -0.15) is 0 Å². The van der Waals surface area contributed by atoms with E-state index in [1.165, 1.54) is 6.07 Å². The van der Waals surface area contributed by atoms with Gasteiger partial charge in [0.15, 0.2) is 0 Å². The zero-order valence-electron chi connectivity index (χ0n) is 13.5. The van der Waals surface area contributed by atoms with Crippen LogP contribution in [0.25, 0.3) is 0 Å². The fourth-order valence-electron chi connectivity index (χ4n) is 3.10. The molecule has 2 N–H and O–H groups in total. The summed E-state index contributed by atoms with van der Waals surface area (Å²) in [6.07, 6.45) is 3.31. The van der Waals surface area contributed by atoms with E-state index in [2.05, 4.69) is 4.72 Å². The molecule has 9 heteroatoms. The average molecular weight is 391 g/mol. The third-order valence-corrected chi connectivity index (χ3v) is 6.66. The van der Waals surface area contributed by atoms with Gasteiger partial charge >= 0.3 is 5.97 Å². The van der Waals surface area contributed by atoms with Crippen molar-refractivity contribution in [3.8, 4) is 0 Å². The Kier molecular flexibility index (Phi) is 5.34. The van der Waals surface area contributed by atoms with E-state index < -0.39 is 21.8 Å². The Morgan fingerprint density at radius 1 is 1.36 bits per heavy atom. The van der Waals surface area contributed by atoms with Gasteiger partial charge in [0, 0.05) is 18.6 Å². The molecule has 0 atom stereocenters. The maximum absolute atomic E-state index is 13.3. The highest BCUT2D eigenvalue weighted by molar-refractivity contribution is 7.89. The summed E-state index contributed by atoms with van der Waals surface area (Å²) >= 11 is 5.87. The standard InChI is InChI=1S/C16H20ClFN2O4S/c17-14-4-3-11(18)5-15(14)25(23,24)19-12-6-13(7-12)20(9-16(21)22)8-10-1-2-10/h3-5,10,12-13,19H,1-2,6-9H2,(H,21,22). The summed E-state index contributed by atoms with van der Waals surface area (Å²) in [5, 5.41) is 9.00. The van der Waals surface area contributed by atoms with E-state index in [1.54, 1.807) is 0 Å². The van der Waals surface area contributed by atoms with Crippen LogP contribution in [0, 0.1) is 11.7 Å². The summed E-state index contributed by atoms with van der Waals surface area (Å²) in [5.74, 6) is -0.995. The van der Waals surface area contributed by atoms with Crippen LogP contribution >= 0.6 is 11.6 Å². The van der Waals surface area contributed by atoms with Crippen molar-refractivity contribution in [2.45, 2.75) is 42.7 Å². The van der Waals surface area contributed by atoms with Crippen molar-refractivity contribution in [2.75, 3.05) is 13.1 Å². The van der Waals surface area contributed by atoms with Crippen molar-refractivity contribution in [3.05, 3.63) is 29.0 Å². The molecule has 0 spiro atoms. The SMILES string of the molecule is O=C(O)CN(CC1CC1)C1CC(NS(=O)(=O)c2cc(F)ccc2Cl)C1. The zero-order valence-corrected chi connectivity index (χ0v) is 15.1. The summed E-state index contributed by atoms with van der Waals surface area (Å²) < 4.78 is 40.6. The predicted molar refractivity (Wildman–Crippen MR) is 90.5 cm³/mol. The van der Waals surface area contributed by atoms with Gasteiger partial charge in [-0.3, -0.25) is 9.69 Å². The van der Waals surface area contributed by atoms with E-state index >= 15 is 0 Å². The van der Waals surface area contributed by atoms with Gasteiger partial charge < -0.3 is 5.11 Å². The predicted octanol–water partition coefficient (Wildman–Crippen LogP) is 2.08. The first-order valence-electron chi connectivity index (χ1n) is 8.18. The van der Waals surface area contributed by atoms with Crippen molar-refractivity contribution in [1.82, 2.24) is 9.62 Å². The number of nitrogens with one attached hydrogen (secondary N) is 1. The van der Waals surface area contributed by atoms with E-state index in [9.17, 15) is 17.6 Å². The van der Waals surface area contributed by atoms with Crippen LogP contribution in [-0.4, -0.2) is 49.6 Å². The first kappa shape index (κ1) is 18.6. The van der Waals surface area contributed by atoms with Gasteiger partial charge in [-0.25, -0.2) is 17.5 Å². The number of halogens is 2. The largest absolute Gasteiger partial charge is 0.480 e. The zero-order chi connectivity index (χ0) is 18.2. The molecule has 138 valence electrons. The molecule has 2 fully saturated rings. The molecule has 2 aliphatic carbocycles. The van der Waals surface area contributed by atoms with Crippen LogP contribution < -0.4 is 4.72 Å². The highest BCUT2D eigenvalue weighted by Crippen LogP contribution is 2.34. The molecule has 0 heterocycles. The van der Waals surface area contributed by atoms with Gasteiger partial charge in [0.25, 0.3) is 0 Å². The number of hydrogen-bond donors (Lipinski definition) is 2. The van der Waals surface area contributed by atoms with Gasteiger partial charge in [0.05, 0.1) is 11.6 Å². The molecule has 6 nitrogen and oxygen atoms in total. The molecule has 0 amide bonds. The number of hydrogen-bond acceptors (Lipinski definition) is 4. The fraction of sp³-hybridized carbons (Fsp3) is 0.562. The monoisotopic (exact) mass is 390 g/mol. The molecule has 0 radical (unpaired) electrons. The molecule has 0 aliphatic heterocycles. The summed E-state index contributed by atoms with van der Waals surface area (Å²) in [7, 11) is -3.91. The molecule has 0 aromatic heterocycles. The van der Waals surface area contributed by atoms with Gasteiger partial charge in [0.2, 0.25) is 10.0 Å². The lowest BCUT2D eigenvalue weighted by Gasteiger charge is -2.42. The van der Waals surface area contributed by atoms with Gasteiger partial charge in [-0.1, -0.05) is 11.6 Å². The first-order chi connectivity index (χ1) is 11.7. The van der Waals surface area contributed by atoms with Crippen molar-refractivity contribution in [3.63, 3.8) is 0 Å². The molecular weight excluding hydrogens is 371 g/mol. The van der Waals surface area contributed by atoms with E-state index in [-0.39, 0.29) is 28.5 Å². The Labute approximate surface area is 151 Å². The highest BCUT2D eigenvalue weighted by Gasteiger charge is 2.39. The Morgan fingerprint density at radius 3 is 2.64 bits per heavy atom. The number of nitrogens with zero attached hydrogens (tertiary/aromatic N) is 1. The summed E-state index contributed by atoms with van der Waals surface area (Å²) in [6.45, 7) is 0.711. The number of carboxylic acid groups (broad SMARTS) is 1. The summed E-state index contributed by atoms with van der Waals surface area (Å²) in [4.78, 5) is 12.7. The molecule has 3 rings (SSSR count). The van der Waals surface area contributed by atoms with Gasteiger partial charge in [-0.15, -0.1) is 0 Å². The lowest BCUT2D eigenvalue weighted by Crippen LogP contribution is -2.55. The van der Waals surface area contributed by atoms with Gasteiger partial charge in [-0.05, 0) is 49.8 Å². The van der Waals surface area contributed by atoms with E-state index in [4.69, 9.17) is 16.7 Å². The molecule has 25 heavy (non-hydrogen) atoms. The molecule has 0 unspecified atom stereocenters. The Balaban J connectivity index is 1.60. The number of carbonyl (C=O) groups is 1. The maximum Gasteiger partial charge on any atom is 0.317 e. The number of benzene rings is 1. The first-order valence-corrected chi connectivity index (χ1v) is 10.0. The van der Waals surface area contributed by atoms with Crippen LogP contribution in [0.5, 0.6) is 0 Å². The third kappa shape index (κ3) is 4.69. The highest BCUT2D eigenvalue weighted by atomic mass is 35.5. The second kappa shape index (κ2) is 7.19. The fourth-order valence-corrected chi connectivity index (χ4v) is 4.87. The number of carboxylic acids is 1. The molecule has 0 saturated heterocycles. The van der Waals surface area contributed by atoms with Crippen LogP contribution in [0.4, 0.5) is 4.39 Å². The van der Waals surface area contributed by atoms with E-state index in [1.807, 2.05) is 4.90 Å². The minimum atomic E-state index is -3.91. The second-order valence-electron chi connectivity index (χ2n) is 6.78. The molecular formula is C16H20ClFN2O4S. The third-order valence-electron chi connectivity index (χ3n) is 4.66. The van der Waals surface area contributed by atoms with Crippen LogP contribution in [0.1, 0.15) is 25.7 Å². The Bertz CT molecular complexity index is 763. The number of aliphatic carboxylic acids is 1. The maximum atomic E-state index is 13.3. The van der Waals surface area contributed by atoms with Crippen molar-refractivity contribution in [1.29, 1.82) is 0 Å². The molecule has 2 saturated carbocycles. The van der Waals surface area contributed by atoms with Crippen LogP contribution in [0.15, 0.2) is 23.1 Å². The average Bonchev–Trinajstić information content (AvgIpc) is 3.28. The van der Waals surface area contributed by atoms with E-state index in [0.717, 1.165) is 31.5 Å². The Hall–Kier alpha value is -1.22. The molecule has 0 bridgehead atoms. The van der Waals surface area contributed by atoms with Crippen molar-refractivity contribution < 1.29 is 22.7 Å². The lowest BCUT2D eigenvalue weighted by molar-refractivity contribution is -0.139. The Morgan fingerprint density at radius 2 is 2.04 bits per heavy atom. The number of rotatable bonds is 8. The van der Waals surface area contributed by atoms with Crippen molar-refractivity contribution in [2.24, 2.45) is 5.92 Å². The normalized spacial score (nSPS) is 23.5. The quantitative estimate of drug-likeness (QED) is 0.709. The lowest BCUT2D eigenvalue weighted by atomic mass is 9.86. The van der Waals surface area contributed by atoms with E-state index in [0.29, 0.717) is 18.8 Å². The molecule has 1 aromatic rings. The van der Waals surface area contributed by atoms with Crippen LogP contribution in [0.3, 0.4) is 0 Å².